The summed E-state index contributed by atoms with van der Waals surface area (Å²) in [6, 6.07) is 8.30. The summed E-state index contributed by atoms with van der Waals surface area (Å²) in [5, 5.41) is 0. The summed E-state index contributed by atoms with van der Waals surface area (Å²) in [6.45, 7) is 6.10. The van der Waals surface area contributed by atoms with Gasteiger partial charge in [0.15, 0.2) is 0 Å². The van der Waals surface area contributed by atoms with Crippen molar-refractivity contribution in [1.29, 1.82) is 0 Å². The number of aryl methyl sites for hydroxylation is 1. The van der Waals surface area contributed by atoms with Crippen molar-refractivity contribution in [2.45, 2.75) is 20.8 Å². The largest absolute Gasteiger partial charge is 0.320 e. The maximum Gasteiger partial charge on any atom is 0.0594 e. The second kappa shape index (κ2) is 4.47. The summed E-state index contributed by atoms with van der Waals surface area (Å²) in [4.78, 5) is 0. The van der Waals surface area contributed by atoms with Crippen LogP contribution in [0, 0.1) is 6.92 Å². The number of hydrogen-bond donors (Lipinski definition) is 0. The summed E-state index contributed by atoms with van der Waals surface area (Å²) in [7, 11) is 0. The molecule has 0 unspecified atom stereocenters. The maximum atomic E-state index is 3.49. The van der Waals surface area contributed by atoms with E-state index in [0.29, 0.717) is 0 Å². The molecule has 2 heterocycles. The number of aromatic nitrogens is 1. The number of halogens is 1. The smallest absolute Gasteiger partial charge is 0.0594 e. The van der Waals surface area contributed by atoms with Crippen LogP contribution in [0.1, 0.15) is 19.5 Å². The maximum absolute atomic E-state index is 3.49. The molecule has 0 amide bonds. The van der Waals surface area contributed by atoms with Crippen LogP contribution in [0.5, 0.6) is 0 Å². The van der Waals surface area contributed by atoms with E-state index in [-0.39, 0.29) is 0 Å². The Balaban J connectivity index is 0.000000396. The second-order valence-electron chi connectivity index (χ2n) is 2.59. The van der Waals surface area contributed by atoms with E-state index in [1.165, 1.54) is 11.2 Å². The van der Waals surface area contributed by atoms with Crippen molar-refractivity contribution < 1.29 is 0 Å². The Bertz CT molecular complexity index is 390. The third-order valence-electron chi connectivity index (χ3n) is 1.84. The van der Waals surface area contributed by atoms with Crippen molar-refractivity contribution in [2.75, 3.05) is 0 Å². The van der Waals surface area contributed by atoms with Gasteiger partial charge in [-0.15, -0.1) is 0 Å². The molecular weight excluding hydrogens is 226 g/mol. The normalized spacial score (nSPS) is 9.54. The molecule has 0 radical (unpaired) electrons. The van der Waals surface area contributed by atoms with Crippen LogP contribution in [0.2, 0.25) is 0 Å². The zero-order valence-corrected chi connectivity index (χ0v) is 9.80. The van der Waals surface area contributed by atoms with Crippen LogP contribution >= 0.6 is 15.9 Å². The first-order valence-corrected chi connectivity index (χ1v) is 5.30. The van der Waals surface area contributed by atoms with Crippen molar-refractivity contribution in [1.82, 2.24) is 4.40 Å². The van der Waals surface area contributed by atoms with Gasteiger partial charge in [-0.1, -0.05) is 13.8 Å². The van der Waals surface area contributed by atoms with Gasteiger partial charge in [0.2, 0.25) is 0 Å². The quantitative estimate of drug-likeness (QED) is 0.654. The fourth-order valence-electron chi connectivity index (χ4n) is 1.24. The standard InChI is InChI=1S/C9H8BrN.C2H6/c1-7-4-5-9-8(10)3-2-6-11(7)9;1-2/h2-6H,1H3;1-2H3. The lowest BCUT2D eigenvalue weighted by atomic mass is 10.4. The van der Waals surface area contributed by atoms with E-state index in [2.05, 4.69) is 51.7 Å². The molecule has 0 aromatic carbocycles. The van der Waals surface area contributed by atoms with Gasteiger partial charge < -0.3 is 4.40 Å². The number of hydrogen-bond acceptors (Lipinski definition) is 0. The molecule has 2 aromatic heterocycles. The average Bonchev–Trinajstić information content (AvgIpc) is 2.53. The van der Waals surface area contributed by atoms with Crippen molar-refractivity contribution in [2.24, 2.45) is 0 Å². The summed E-state index contributed by atoms with van der Waals surface area (Å²) >= 11 is 3.49. The van der Waals surface area contributed by atoms with Gasteiger partial charge in [-0.05, 0) is 47.1 Å². The molecule has 0 saturated heterocycles. The molecule has 2 aromatic rings. The summed E-state index contributed by atoms with van der Waals surface area (Å²) in [5.74, 6) is 0. The van der Waals surface area contributed by atoms with Crippen LogP contribution in [-0.4, -0.2) is 4.40 Å². The molecule has 70 valence electrons. The third-order valence-corrected chi connectivity index (χ3v) is 2.51. The van der Waals surface area contributed by atoms with Gasteiger partial charge in [-0.2, -0.15) is 0 Å². The topological polar surface area (TPSA) is 4.41 Å². The van der Waals surface area contributed by atoms with Crippen LogP contribution in [0.15, 0.2) is 34.9 Å². The van der Waals surface area contributed by atoms with Crippen molar-refractivity contribution in [3.63, 3.8) is 0 Å². The van der Waals surface area contributed by atoms with E-state index in [1.807, 2.05) is 19.9 Å². The molecule has 1 nitrogen and oxygen atoms in total. The van der Waals surface area contributed by atoms with Gasteiger partial charge in [0, 0.05) is 16.4 Å². The molecule has 2 rings (SSSR count). The van der Waals surface area contributed by atoms with Gasteiger partial charge in [0.25, 0.3) is 0 Å². The third kappa shape index (κ3) is 1.94. The SMILES string of the molecule is CC.Cc1ccc2c(Br)cccn12. The minimum absolute atomic E-state index is 1.15. The Morgan fingerprint density at radius 3 is 2.46 bits per heavy atom. The molecule has 0 spiro atoms. The first kappa shape index (κ1) is 10.3. The predicted octanol–water partition coefficient (Wildman–Crippen LogP) is 4.04. The predicted molar refractivity (Wildman–Crippen MR) is 61.2 cm³/mol. The van der Waals surface area contributed by atoms with Crippen LogP contribution < -0.4 is 0 Å². The van der Waals surface area contributed by atoms with Crippen LogP contribution in [0.25, 0.3) is 5.52 Å². The molecule has 0 N–H and O–H groups in total. The van der Waals surface area contributed by atoms with Gasteiger partial charge in [0.1, 0.15) is 0 Å². The highest BCUT2D eigenvalue weighted by Gasteiger charge is 1.98. The van der Waals surface area contributed by atoms with E-state index >= 15 is 0 Å². The van der Waals surface area contributed by atoms with Crippen molar-refractivity contribution >= 4 is 21.4 Å². The van der Waals surface area contributed by atoms with Crippen molar-refractivity contribution in [3.05, 3.63) is 40.6 Å². The highest BCUT2D eigenvalue weighted by molar-refractivity contribution is 9.10. The van der Waals surface area contributed by atoms with Crippen LogP contribution in [0.4, 0.5) is 0 Å². The lowest BCUT2D eigenvalue weighted by molar-refractivity contribution is 1.11. The molecule has 0 bridgehead atoms. The summed E-state index contributed by atoms with van der Waals surface area (Å²) in [6.07, 6.45) is 2.06. The number of fused-ring (bicyclic) bond motifs is 1. The first-order chi connectivity index (χ1) is 6.29. The van der Waals surface area contributed by atoms with Crippen LogP contribution in [-0.2, 0) is 0 Å². The van der Waals surface area contributed by atoms with Crippen LogP contribution in [0.3, 0.4) is 0 Å². The molecule has 13 heavy (non-hydrogen) atoms. The van der Waals surface area contributed by atoms with E-state index in [1.54, 1.807) is 0 Å². The van der Waals surface area contributed by atoms with Gasteiger partial charge >= 0.3 is 0 Å². The number of nitrogens with zero attached hydrogens (tertiary/aromatic N) is 1. The molecule has 0 atom stereocenters. The lowest BCUT2D eigenvalue weighted by Crippen LogP contribution is -1.84. The molecular formula is C11H14BrN. The van der Waals surface area contributed by atoms with E-state index in [4.69, 9.17) is 0 Å². The Kier molecular flexibility index (Phi) is 3.55. The minimum Gasteiger partial charge on any atom is -0.320 e. The monoisotopic (exact) mass is 239 g/mol. The first-order valence-electron chi connectivity index (χ1n) is 4.51. The molecule has 0 aliphatic rings. The van der Waals surface area contributed by atoms with Gasteiger partial charge in [-0.3, -0.25) is 0 Å². The Labute approximate surface area is 87.5 Å². The Morgan fingerprint density at radius 2 is 1.85 bits per heavy atom. The van der Waals surface area contributed by atoms with Crippen molar-refractivity contribution in [3.8, 4) is 0 Å². The average molecular weight is 240 g/mol. The van der Waals surface area contributed by atoms with Gasteiger partial charge in [-0.25, -0.2) is 0 Å². The number of rotatable bonds is 0. The molecule has 0 aliphatic carbocycles. The van der Waals surface area contributed by atoms with E-state index in [9.17, 15) is 0 Å². The fourth-order valence-corrected chi connectivity index (χ4v) is 1.72. The zero-order chi connectivity index (χ0) is 9.84. The molecule has 0 saturated carbocycles. The molecule has 0 fully saturated rings. The zero-order valence-electron chi connectivity index (χ0n) is 8.21. The van der Waals surface area contributed by atoms with E-state index < -0.39 is 0 Å². The Morgan fingerprint density at radius 1 is 1.15 bits per heavy atom. The Hall–Kier alpha value is -0.760. The second-order valence-corrected chi connectivity index (χ2v) is 3.44. The summed E-state index contributed by atoms with van der Waals surface area (Å²) < 4.78 is 3.30. The summed E-state index contributed by atoms with van der Waals surface area (Å²) in [5.41, 5.74) is 2.49. The minimum atomic E-state index is 1.15. The molecule has 0 aliphatic heterocycles. The lowest BCUT2D eigenvalue weighted by Gasteiger charge is -1.97. The fraction of sp³-hybridized carbons (Fsp3) is 0.273. The highest BCUT2D eigenvalue weighted by atomic mass is 79.9. The van der Waals surface area contributed by atoms with E-state index in [0.717, 1.165) is 4.47 Å². The van der Waals surface area contributed by atoms with Gasteiger partial charge in [0.05, 0.1) is 5.52 Å². The number of pyridine rings is 1. The highest BCUT2D eigenvalue weighted by Crippen LogP contribution is 2.19. The molecule has 2 heteroatoms.